The largest absolute Gasteiger partial charge is 0.443 e. The lowest BCUT2D eigenvalue weighted by Gasteiger charge is -2.29. The molecule has 0 aromatic rings. The van der Waals surface area contributed by atoms with Gasteiger partial charge in [-0.2, -0.15) is 0 Å². The molecule has 0 radical (unpaired) electrons. The zero-order valence-electron chi connectivity index (χ0n) is 12.8. The van der Waals surface area contributed by atoms with Crippen LogP contribution in [0.5, 0.6) is 0 Å². The average molecular weight is 268 g/mol. The van der Waals surface area contributed by atoms with Crippen LogP contribution in [0.4, 0.5) is 4.79 Å². The van der Waals surface area contributed by atoms with Gasteiger partial charge in [0, 0.05) is 25.2 Å². The molecule has 0 aliphatic carbocycles. The normalized spacial score (nSPS) is 28.9. The van der Waals surface area contributed by atoms with Gasteiger partial charge in [0.25, 0.3) is 0 Å². The fraction of sp³-hybridized carbons (Fsp3) is 0.933. The lowest BCUT2D eigenvalue weighted by molar-refractivity contribution is 0.0140. The van der Waals surface area contributed by atoms with Gasteiger partial charge in [0.05, 0.1) is 0 Å². The summed E-state index contributed by atoms with van der Waals surface area (Å²) in [5.74, 6) is 0. The standard InChI is InChI=1S/C15H28N2O2/c1-5-15(3,4)19-14(18)16-10-8-13(11-16)17-9-6-7-12(17)2/h12-13H,5-11H2,1-4H3. The Bertz CT molecular complexity index is 330. The van der Waals surface area contributed by atoms with Crippen LogP contribution in [0.25, 0.3) is 0 Å². The number of nitrogens with zero attached hydrogens (tertiary/aromatic N) is 2. The second kappa shape index (κ2) is 5.70. The topological polar surface area (TPSA) is 32.8 Å². The summed E-state index contributed by atoms with van der Waals surface area (Å²) < 4.78 is 5.58. The number of hydrogen-bond acceptors (Lipinski definition) is 3. The predicted octanol–water partition coefficient (Wildman–Crippen LogP) is 2.87. The van der Waals surface area contributed by atoms with E-state index in [1.807, 2.05) is 25.7 Å². The Morgan fingerprint density at radius 1 is 1.32 bits per heavy atom. The van der Waals surface area contributed by atoms with Crippen molar-refractivity contribution in [3.05, 3.63) is 0 Å². The second-order valence-corrected chi connectivity index (χ2v) is 6.60. The van der Waals surface area contributed by atoms with Gasteiger partial charge in [-0.1, -0.05) is 6.92 Å². The summed E-state index contributed by atoms with van der Waals surface area (Å²) in [5.41, 5.74) is -0.351. The molecule has 0 aromatic heterocycles. The van der Waals surface area contributed by atoms with E-state index in [1.54, 1.807) is 0 Å². The van der Waals surface area contributed by atoms with Gasteiger partial charge in [-0.25, -0.2) is 4.79 Å². The molecule has 2 atom stereocenters. The Labute approximate surface area is 117 Å². The van der Waals surface area contributed by atoms with Crippen molar-refractivity contribution in [2.45, 2.75) is 71.1 Å². The first kappa shape index (κ1) is 14.6. The summed E-state index contributed by atoms with van der Waals surface area (Å²) in [7, 11) is 0. The smallest absolute Gasteiger partial charge is 0.410 e. The summed E-state index contributed by atoms with van der Waals surface area (Å²) in [4.78, 5) is 16.6. The van der Waals surface area contributed by atoms with Crippen LogP contribution >= 0.6 is 0 Å². The van der Waals surface area contributed by atoms with E-state index in [1.165, 1.54) is 19.4 Å². The molecule has 2 saturated heterocycles. The Kier molecular flexibility index (Phi) is 4.39. The molecular weight excluding hydrogens is 240 g/mol. The molecule has 19 heavy (non-hydrogen) atoms. The molecule has 2 fully saturated rings. The van der Waals surface area contributed by atoms with Gasteiger partial charge < -0.3 is 9.64 Å². The number of amides is 1. The molecule has 0 bridgehead atoms. The molecule has 0 spiro atoms. The van der Waals surface area contributed by atoms with Crippen LogP contribution in [0.3, 0.4) is 0 Å². The maximum atomic E-state index is 12.1. The molecule has 1 amide bonds. The second-order valence-electron chi connectivity index (χ2n) is 6.60. The maximum Gasteiger partial charge on any atom is 0.410 e. The van der Waals surface area contributed by atoms with Crippen LogP contribution in [0.15, 0.2) is 0 Å². The first-order chi connectivity index (χ1) is 8.93. The lowest BCUT2D eigenvalue weighted by atomic mass is 10.1. The highest BCUT2D eigenvalue weighted by atomic mass is 16.6. The third-order valence-corrected chi connectivity index (χ3v) is 4.71. The number of rotatable bonds is 3. The Morgan fingerprint density at radius 3 is 2.63 bits per heavy atom. The first-order valence-corrected chi connectivity index (χ1v) is 7.66. The van der Waals surface area contributed by atoms with E-state index in [0.29, 0.717) is 12.1 Å². The lowest BCUT2D eigenvalue weighted by Crippen LogP contribution is -2.42. The van der Waals surface area contributed by atoms with Gasteiger partial charge in [0.1, 0.15) is 5.60 Å². The highest BCUT2D eigenvalue weighted by molar-refractivity contribution is 5.68. The molecule has 2 aliphatic heterocycles. The van der Waals surface area contributed by atoms with Crippen molar-refractivity contribution in [1.82, 2.24) is 9.80 Å². The van der Waals surface area contributed by atoms with Crippen molar-refractivity contribution in [3.63, 3.8) is 0 Å². The van der Waals surface area contributed by atoms with E-state index < -0.39 is 0 Å². The minimum Gasteiger partial charge on any atom is -0.443 e. The Hall–Kier alpha value is -0.770. The molecule has 0 N–H and O–H groups in total. The van der Waals surface area contributed by atoms with Crippen molar-refractivity contribution in [2.24, 2.45) is 0 Å². The van der Waals surface area contributed by atoms with Crippen LogP contribution in [-0.2, 0) is 4.74 Å². The summed E-state index contributed by atoms with van der Waals surface area (Å²) in [5, 5.41) is 0. The Balaban J connectivity index is 1.86. The molecular formula is C15H28N2O2. The molecule has 2 rings (SSSR count). The zero-order valence-corrected chi connectivity index (χ0v) is 12.8. The Morgan fingerprint density at radius 2 is 2.05 bits per heavy atom. The average Bonchev–Trinajstić information content (AvgIpc) is 2.96. The SMILES string of the molecule is CCC(C)(C)OC(=O)N1CCC(N2CCCC2C)C1. The van der Waals surface area contributed by atoms with Gasteiger partial charge in [0.15, 0.2) is 0 Å². The van der Waals surface area contributed by atoms with Crippen LogP contribution in [0.1, 0.15) is 53.4 Å². The number of carbonyl (C=O) groups excluding carboxylic acids is 1. The number of ether oxygens (including phenoxy) is 1. The number of hydrogen-bond donors (Lipinski definition) is 0. The molecule has 4 nitrogen and oxygen atoms in total. The van der Waals surface area contributed by atoms with Crippen molar-refractivity contribution >= 4 is 6.09 Å². The molecule has 2 aliphatic rings. The van der Waals surface area contributed by atoms with Crippen LogP contribution in [0.2, 0.25) is 0 Å². The molecule has 0 saturated carbocycles. The molecule has 2 unspecified atom stereocenters. The van der Waals surface area contributed by atoms with E-state index in [4.69, 9.17) is 4.74 Å². The fourth-order valence-corrected chi connectivity index (χ4v) is 3.05. The van der Waals surface area contributed by atoms with Crippen molar-refractivity contribution < 1.29 is 9.53 Å². The number of likely N-dealkylation sites (tertiary alicyclic amines) is 2. The van der Waals surface area contributed by atoms with Crippen molar-refractivity contribution in [2.75, 3.05) is 19.6 Å². The van der Waals surface area contributed by atoms with Crippen molar-refractivity contribution in [1.29, 1.82) is 0 Å². The highest BCUT2D eigenvalue weighted by Crippen LogP contribution is 2.26. The molecule has 2 heterocycles. The third kappa shape index (κ3) is 3.41. The number of carbonyl (C=O) groups is 1. The van der Waals surface area contributed by atoms with Crippen LogP contribution < -0.4 is 0 Å². The predicted molar refractivity (Wildman–Crippen MR) is 76.2 cm³/mol. The summed E-state index contributed by atoms with van der Waals surface area (Å²) >= 11 is 0. The van der Waals surface area contributed by atoms with E-state index in [9.17, 15) is 4.79 Å². The zero-order chi connectivity index (χ0) is 14.0. The summed E-state index contributed by atoms with van der Waals surface area (Å²) in [6, 6.07) is 1.21. The van der Waals surface area contributed by atoms with Gasteiger partial charge in [-0.05, 0) is 53.0 Å². The van der Waals surface area contributed by atoms with Crippen molar-refractivity contribution in [3.8, 4) is 0 Å². The monoisotopic (exact) mass is 268 g/mol. The van der Waals surface area contributed by atoms with Gasteiger partial charge in [-0.15, -0.1) is 0 Å². The summed E-state index contributed by atoms with van der Waals surface area (Å²) in [6.45, 7) is 11.2. The molecule has 110 valence electrons. The quantitative estimate of drug-likeness (QED) is 0.789. The van der Waals surface area contributed by atoms with Gasteiger partial charge in [-0.3, -0.25) is 4.90 Å². The van der Waals surface area contributed by atoms with E-state index in [0.717, 1.165) is 25.9 Å². The fourth-order valence-electron chi connectivity index (χ4n) is 3.05. The van der Waals surface area contributed by atoms with Crippen LogP contribution in [-0.4, -0.2) is 53.2 Å². The summed E-state index contributed by atoms with van der Waals surface area (Å²) in [6.07, 6.45) is 4.39. The van der Waals surface area contributed by atoms with E-state index in [2.05, 4.69) is 11.8 Å². The highest BCUT2D eigenvalue weighted by Gasteiger charge is 2.36. The molecule has 4 heteroatoms. The first-order valence-electron chi connectivity index (χ1n) is 7.66. The minimum absolute atomic E-state index is 0.138. The van der Waals surface area contributed by atoms with Gasteiger partial charge in [0.2, 0.25) is 0 Å². The van der Waals surface area contributed by atoms with Crippen LogP contribution in [0, 0.1) is 0 Å². The molecule has 0 aromatic carbocycles. The van der Waals surface area contributed by atoms with E-state index >= 15 is 0 Å². The third-order valence-electron chi connectivity index (χ3n) is 4.71. The maximum absolute atomic E-state index is 12.1. The minimum atomic E-state index is -0.351. The van der Waals surface area contributed by atoms with Gasteiger partial charge >= 0.3 is 6.09 Å². The van der Waals surface area contributed by atoms with E-state index in [-0.39, 0.29) is 11.7 Å².